The second-order valence-electron chi connectivity index (χ2n) is 4.72. The summed E-state index contributed by atoms with van der Waals surface area (Å²) in [6.07, 6.45) is 1.87. The van der Waals surface area contributed by atoms with E-state index >= 15 is 0 Å². The van der Waals surface area contributed by atoms with Crippen LogP contribution in [0.3, 0.4) is 0 Å². The van der Waals surface area contributed by atoms with Crippen LogP contribution in [-0.2, 0) is 6.42 Å². The lowest BCUT2D eigenvalue weighted by Gasteiger charge is -2.19. The molecule has 0 bridgehead atoms. The molecule has 3 heteroatoms. The molecule has 0 aromatic heterocycles. The molecule has 2 nitrogen and oxygen atoms in total. The van der Waals surface area contributed by atoms with Crippen LogP contribution >= 0.6 is 15.9 Å². The quantitative estimate of drug-likeness (QED) is 0.784. The highest BCUT2D eigenvalue weighted by Gasteiger charge is 2.32. The molecule has 1 atom stereocenters. The van der Waals surface area contributed by atoms with Crippen LogP contribution in [0.1, 0.15) is 32.8 Å². The van der Waals surface area contributed by atoms with E-state index in [4.69, 9.17) is 9.47 Å². The highest BCUT2D eigenvalue weighted by molar-refractivity contribution is 9.09. The lowest BCUT2D eigenvalue weighted by Crippen LogP contribution is -2.24. The van der Waals surface area contributed by atoms with Gasteiger partial charge in [-0.05, 0) is 42.3 Å². The van der Waals surface area contributed by atoms with Crippen LogP contribution in [0.4, 0.5) is 0 Å². The number of hydrogen-bond donors (Lipinski definition) is 0. The molecule has 0 saturated heterocycles. The van der Waals surface area contributed by atoms with Crippen LogP contribution in [0.5, 0.6) is 11.5 Å². The van der Waals surface area contributed by atoms with Gasteiger partial charge in [0.2, 0.25) is 0 Å². The third-order valence-corrected chi connectivity index (χ3v) is 3.47. The standard InChI is InChI=1S/C13H17BrO2/c1-4-11(14)15-10-7-5-6-9-8-13(2,3)16-12(9)10/h5-7,11H,4,8H2,1-3H3. The van der Waals surface area contributed by atoms with Gasteiger partial charge in [-0.2, -0.15) is 0 Å². The van der Waals surface area contributed by atoms with Gasteiger partial charge in [-0.1, -0.05) is 19.1 Å². The second-order valence-corrected chi connectivity index (χ2v) is 5.74. The molecule has 0 saturated carbocycles. The molecule has 16 heavy (non-hydrogen) atoms. The maximum Gasteiger partial charge on any atom is 0.165 e. The first-order chi connectivity index (χ1) is 7.52. The van der Waals surface area contributed by atoms with Crippen molar-refractivity contribution in [3.63, 3.8) is 0 Å². The molecular weight excluding hydrogens is 268 g/mol. The van der Waals surface area contributed by atoms with Gasteiger partial charge >= 0.3 is 0 Å². The van der Waals surface area contributed by atoms with Gasteiger partial charge in [0, 0.05) is 12.0 Å². The van der Waals surface area contributed by atoms with E-state index in [0.29, 0.717) is 0 Å². The molecule has 1 aliphatic heterocycles. The molecule has 2 rings (SSSR count). The third kappa shape index (κ3) is 2.34. The molecule has 0 N–H and O–H groups in total. The smallest absolute Gasteiger partial charge is 0.165 e. The molecule has 1 heterocycles. The number of benzene rings is 1. The summed E-state index contributed by atoms with van der Waals surface area (Å²) in [5.41, 5.74) is 1.12. The molecule has 0 amide bonds. The second kappa shape index (κ2) is 4.28. The highest BCUT2D eigenvalue weighted by Crippen LogP contribution is 2.42. The Bertz CT molecular complexity index is 388. The van der Waals surface area contributed by atoms with E-state index in [1.54, 1.807) is 0 Å². The zero-order valence-corrected chi connectivity index (χ0v) is 11.5. The predicted molar refractivity (Wildman–Crippen MR) is 68.5 cm³/mol. The zero-order valence-electron chi connectivity index (χ0n) is 9.92. The largest absolute Gasteiger partial charge is 0.483 e. The predicted octanol–water partition coefficient (Wildman–Crippen LogP) is 3.91. The topological polar surface area (TPSA) is 18.5 Å². The Labute approximate surface area is 105 Å². The average molecular weight is 285 g/mol. The van der Waals surface area contributed by atoms with Crippen molar-refractivity contribution in [2.24, 2.45) is 0 Å². The van der Waals surface area contributed by atoms with Gasteiger partial charge in [-0.15, -0.1) is 0 Å². The summed E-state index contributed by atoms with van der Waals surface area (Å²) < 4.78 is 11.7. The monoisotopic (exact) mass is 284 g/mol. The van der Waals surface area contributed by atoms with Gasteiger partial charge in [-0.25, -0.2) is 0 Å². The summed E-state index contributed by atoms with van der Waals surface area (Å²) in [7, 11) is 0. The van der Waals surface area contributed by atoms with Crippen LogP contribution in [0, 0.1) is 0 Å². The minimum absolute atomic E-state index is 0.0475. The van der Waals surface area contributed by atoms with Gasteiger partial charge in [0.25, 0.3) is 0 Å². The molecule has 0 radical (unpaired) electrons. The fourth-order valence-corrected chi connectivity index (χ4v) is 2.10. The summed E-state index contributed by atoms with van der Waals surface area (Å²) in [6, 6.07) is 6.09. The van der Waals surface area contributed by atoms with Gasteiger partial charge in [0.05, 0.1) is 0 Å². The minimum Gasteiger partial charge on any atom is -0.483 e. The van der Waals surface area contributed by atoms with Crippen molar-refractivity contribution >= 4 is 15.9 Å². The molecule has 1 aliphatic rings. The fraction of sp³-hybridized carbons (Fsp3) is 0.538. The Morgan fingerprint density at radius 2 is 2.25 bits per heavy atom. The highest BCUT2D eigenvalue weighted by atomic mass is 79.9. The molecule has 0 spiro atoms. The van der Waals surface area contributed by atoms with Crippen molar-refractivity contribution in [1.82, 2.24) is 0 Å². The summed E-state index contributed by atoms with van der Waals surface area (Å²) in [5.74, 6) is 1.75. The molecule has 1 unspecified atom stereocenters. The molecule has 0 aliphatic carbocycles. The normalized spacial score (nSPS) is 18.8. The van der Waals surface area contributed by atoms with E-state index in [0.717, 1.165) is 24.3 Å². The molecular formula is C13H17BrO2. The van der Waals surface area contributed by atoms with Crippen molar-refractivity contribution in [3.8, 4) is 11.5 Å². The lowest BCUT2D eigenvalue weighted by molar-refractivity contribution is 0.131. The fourth-order valence-electron chi connectivity index (χ4n) is 1.90. The molecule has 1 aromatic rings. The Balaban J connectivity index is 2.26. The third-order valence-electron chi connectivity index (χ3n) is 2.63. The van der Waals surface area contributed by atoms with E-state index in [1.807, 2.05) is 12.1 Å². The Kier molecular flexibility index (Phi) is 3.15. The number of rotatable bonds is 3. The zero-order chi connectivity index (χ0) is 11.8. The Morgan fingerprint density at radius 3 is 2.94 bits per heavy atom. The lowest BCUT2D eigenvalue weighted by atomic mass is 10.0. The van der Waals surface area contributed by atoms with Crippen LogP contribution < -0.4 is 9.47 Å². The summed E-state index contributed by atoms with van der Waals surface area (Å²) in [5, 5.41) is 0.0475. The Morgan fingerprint density at radius 1 is 1.50 bits per heavy atom. The van der Waals surface area contributed by atoms with Crippen LogP contribution in [0.2, 0.25) is 0 Å². The van der Waals surface area contributed by atoms with Crippen molar-refractivity contribution in [2.75, 3.05) is 0 Å². The number of ether oxygens (including phenoxy) is 2. The summed E-state index contributed by atoms with van der Waals surface area (Å²) in [4.78, 5) is 0. The van der Waals surface area contributed by atoms with Crippen molar-refractivity contribution in [1.29, 1.82) is 0 Å². The summed E-state index contributed by atoms with van der Waals surface area (Å²) in [6.45, 7) is 6.28. The average Bonchev–Trinajstić information content (AvgIpc) is 2.53. The summed E-state index contributed by atoms with van der Waals surface area (Å²) >= 11 is 3.47. The minimum atomic E-state index is -0.115. The number of fused-ring (bicyclic) bond motifs is 1. The van der Waals surface area contributed by atoms with E-state index in [1.165, 1.54) is 5.56 Å². The van der Waals surface area contributed by atoms with Crippen LogP contribution in [-0.4, -0.2) is 10.6 Å². The van der Waals surface area contributed by atoms with E-state index in [9.17, 15) is 0 Å². The number of alkyl halides is 1. The molecule has 1 aromatic carbocycles. The maximum absolute atomic E-state index is 5.92. The Hall–Kier alpha value is -0.700. The first kappa shape index (κ1) is 11.8. The number of hydrogen-bond acceptors (Lipinski definition) is 2. The van der Waals surface area contributed by atoms with Gasteiger partial charge in [0.1, 0.15) is 5.60 Å². The first-order valence-corrected chi connectivity index (χ1v) is 6.55. The van der Waals surface area contributed by atoms with E-state index in [-0.39, 0.29) is 10.6 Å². The maximum atomic E-state index is 5.92. The van der Waals surface area contributed by atoms with E-state index < -0.39 is 0 Å². The number of para-hydroxylation sites is 1. The number of halogens is 1. The molecule has 0 fully saturated rings. The SMILES string of the molecule is CCC(Br)Oc1cccc2c1OC(C)(C)C2. The van der Waals surface area contributed by atoms with Gasteiger partial charge in [0.15, 0.2) is 16.5 Å². The van der Waals surface area contributed by atoms with Crippen molar-refractivity contribution < 1.29 is 9.47 Å². The van der Waals surface area contributed by atoms with Crippen LogP contribution in [0.15, 0.2) is 18.2 Å². The van der Waals surface area contributed by atoms with E-state index in [2.05, 4.69) is 42.8 Å². The van der Waals surface area contributed by atoms with Gasteiger partial charge in [-0.3, -0.25) is 0 Å². The van der Waals surface area contributed by atoms with Gasteiger partial charge < -0.3 is 9.47 Å². The first-order valence-electron chi connectivity index (χ1n) is 5.63. The van der Waals surface area contributed by atoms with Crippen LogP contribution in [0.25, 0.3) is 0 Å². The van der Waals surface area contributed by atoms with Crippen molar-refractivity contribution in [2.45, 2.75) is 44.2 Å². The van der Waals surface area contributed by atoms with Crippen molar-refractivity contribution in [3.05, 3.63) is 23.8 Å². The molecule has 88 valence electrons.